The minimum atomic E-state index is -0.652. The zero-order valence-electron chi connectivity index (χ0n) is 10.2. The van der Waals surface area contributed by atoms with Crippen LogP contribution in [0.3, 0.4) is 0 Å². The summed E-state index contributed by atoms with van der Waals surface area (Å²) in [6.07, 6.45) is -0.933. The van der Waals surface area contributed by atoms with Crippen molar-refractivity contribution >= 4 is 0 Å². The van der Waals surface area contributed by atoms with E-state index in [1.165, 1.54) is 0 Å². The van der Waals surface area contributed by atoms with Gasteiger partial charge in [0.25, 0.3) is 0 Å². The summed E-state index contributed by atoms with van der Waals surface area (Å²) in [6.45, 7) is 3.53. The van der Waals surface area contributed by atoms with Gasteiger partial charge in [-0.05, 0) is 30.2 Å². The second kappa shape index (κ2) is 5.49. The van der Waals surface area contributed by atoms with Crippen LogP contribution in [0.15, 0.2) is 18.2 Å². The Morgan fingerprint density at radius 3 is 2.82 bits per heavy atom. The van der Waals surface area contributed by atoms with Gasteiger partial charge in [0.15, 0.2) is 0 Å². The average Bonchev–Trinajstić information content (AvgIpc) is 2.39. The highest BCUT2D eigenvalue weighted by Crippen LogP contribution is 2.26. The summed E-state index contributed by atoms with van der Waals surface area (Å²) in [4.78, 5) is 0. The number of hydrogen-bond acceptors (Lipinski definition) is 4. The van der Waals surface area contributed by atoms with Gasteiger partial charge in [0, 0.05) is 0 Å². The number of hydrogen-bond donors (Lipinski definition) is 1. The highest BCUT2D eigenvalue weighted by Gasteiger charge is 2.25. The van der Waals surface area contributed by atoms with E-state index in [1.807, 2.05) is 25.1 Å². The molecule has 0 saturated carbocycles. The van der Waals surface area contributed by atoms with E-state index in [1.54, 1.807) is 7.11 Å². The monoisotopic (exact) mass is 238 g/mol. The molecule has 4 heteroatoms. The van der Waals surface area contributed by atoms with E-state index in [9.17, 15) is 5.11 Å². The van der Waals surface area contributed by atoms with Gasteiger partial charge < -0.3 is 19.3 Å². The Labute approximate surface area is 101 Å². The molecule has 17 heavy (non-hydrogen) atoms. The van der Waals surface area contributed by atoms with E-state index in [-0.39, 0.29) is 6.10 Å². The maximum atomic E-state index is 10.2. The Bertz CT molecular complexity index is 372. The topological polar surface area (TPSA) is 47.9 Å². The quantitative estimate of drug-likeness (QED) is 0.866. The molecule has 1 aromatic rings. The third kappa shape index (κ3) is 2.77. The van der Waals surface area contributed by atoms with Crippen LogP contribution in [0.5, 0.6) is 5.75 Å². The second-order valence-corrected chi connectivity index (χ2v) is 4.15. The van der Waals surface area contributed by atoms with Crippen molar-refractivity contribution in [2.24, 2.45) is 0 Å². The molecule has 0 bridgehead atoms. The largest absolute Gasteiger partial charge is 0.497 e. The van der Waals surface area contributed by atoms with Crippen LogP contribution in [0, 0.1) is 6.92 Å². The predicted molar refractivity (Wildman–Crippen MR) is 63.2 cm³/mol. The van der Waals surface area contributed by atoms with Gasteiger partial charge in [-0.25, -0.2) is 0 Å². The van der Waals surface area contributed by atoms with Gasteiger partial charge >= 0.3 is 0 Å². The van der Waals surface area contributed by atoms with E-state index in [4.69, 9.17) is 14.2 Å². The zero-order valence-corrected chi connectivity index (χ0v) is 10.2. The van der Waals surface area contributed by atoms with Crippen molar-refractivity contribution in [3.8, 4) is 5.75 Å². The molecular weight excluding hydrogens is 220 g/mol. The van der Waals surface area contributed by atoms with Gasteiger partial charge in [-0.1, -0.05) is 6.07 Å². The average molecular weight is 238 g/mol. The molecule has 4 nitrogen and oxygen atoms in total. The summed E-state index contributed by atoms with van der Waals surface area (Å²) in [5.41, 5.74) is 1.85. The molecule has 1 aromatic carbocycles. The number of benzene rings is 1. The van der Waals surface area contributed by atoms with Gasteiger partial charge in [-0.2, -0.15) is 0 Å². The fourth-order valence-electron chi connectivity index (χ4n) is 2.00. The molecule has 1 N–H and O–H groups in total. The molecule has 1 aliphatic heterocycles. The summed E-state index contributed by atoms with van der Waals surface area (Å²) in [7, 11) is 1.63. The Balaban J connectivity index is 2.15. The fourth-order valence-corrected chi connectivity index (χ4v) is 2.00. The molecule has 0 aromatic heterocycles. The van der Waals surface area contributed by atoms with Gasteiger partial charge in [-0.3, -0.25) is 0 Å². The number of ether oxygens (including phenoxy) is 3. The van der Waals surface area contributed by atoms with E-state index in [2.05, 4.69) is 0 Å². The minimum Gasteiger partial charge on any atom is -0.497 e. The fraction of sp³-hybridized carbons (Fsp3) is 0.538. The SMILES string of the molecule is COc1ccc(C(O)C2COCCO2)c(C)c1. The smallest absolute Gasteiger partial charge is 0.119 e. The molecule has 1 fully saturated rings. The first-order valence-electron chi connectivity index (χ1n) is 5.74. The second-order valence-electron chi connectivity index (χ2n) is 4.15. The van der Waals surface area contributed by atoms with Crippen LogP contribution < -0.4 is 4.74 Å². The van der Waals surface area contributed by atoms with Gasteiger partial charge in [-0.15, -0.1) is 0 Å². The molecule has 0 radical (unpaired) electrons. The van der Waals surface area contributed by atoms with Crippen molar-refractivity contribution in [1.29, 1.82) is 0 Å². The van der Waals surface area contributed by atoms with Crippen LogP contribution in [-0.4, -0.2) is 38.1 Å². The van der Waals surface area contributed by atoms with Crippen LogP contribution >= 0.6 is 0 Å². The third-order valence-corrected chi connectivity index (χ3v) is 2.99. The molecule has 0 aliphatic carbocycles. The van der Waals surface area contributed by atoms with E-state index >= 15 is 0 Å². The minimum absolute atomic E-state index is 0.282. The lowest BCUT2D eigenvalue weighted by Crippen LogP contribution is -2.34. The normalized spacial score (nSPS) is 22.2. The van der Waals surface area contributed by atoms with Crippen LogP contribution in [0.4, 0.5) is 0 Å². The molecule has 0 spiro atoms. The Kier molecular flexibility index (Phi) is 3.99. The van der Waals surface area contributed by atoms with Crippen molar-refractivity contribution in [3.63, 3.8) is 0 Å². The summed E-state index contributed by atoms with van der Waals surface area (Å²) in [6, 6.07) is 5.62. The van der Waals surface area contributed by atoms with Crippen LogP contribution in [0.2, 0.25) is 0 Å². The standard InChI is InChI=1S/C13H18O4/c1-9-7-10(15-2)3-4-11(9)13(14)12-8-16-5-6-17-12/h3-4,7,12-14H,5-6,8H2,1-2H3. The summed E-state index contributed by atoms with van der Waals surface area (Å²) in [5.74, 6) is 0.791. The Hall–Kier alpha value is -1.10. The number of rotatable bonds is 3. The Morgan fingerprint density at radius 1 is 1.41 bits per heavy atom. The summed E-state index contributed by atoms with van der Waals surface area (Å²) >= 11 is 0. The van der Waals surface area contributed by atoms with E-state index in [0.717, 1.165) is 16.9 Å². The zero-order chi connectivity index (χ0) is 12.3. The number of methoxy groups -OCH3 is 1. The molecular formula is C13H18O4. The number of aryl methyl sites for hydroxylation is 1. The molecule has 94 valence electrons. The molecule has 1 aliphatic rings. The van der Waals surface area contributed by atoms with E-state index < -0.39 is 6.10 Å². The van der Waals surface area contributed by atoms with Gasteiger partial charge in [0.05, 0.1) is 26.9 Å². The first-order valence-corrected chi connectivity index (χ1v) is 5.74. The number of aliphatic hydroxyl groups is 1. The molecule has 2 atom stereocenters. The maximum absolute atomic E-state index is 10.2. The first kappa shape index (κ1) is 12.4. The first-order chi connectivity index (χ1) is 8.22. The van der Waals surface area contributed by atoms with Crippen molar-refractivity contribution < 1.29 is 19.3 Å². The van der Waals surface area contributed by atoms with Crippen molar-refractivity contribution in [2.45, 2.75) is 19.1 Å². The summed E-state index contributed by atoms with van der Waals surface area (Å²) in [5, 5.41) is 10.2. The van der Waals surface area contributed by atoms with Crippen LogP contribution in [0.25, 0.3) is 0 Å². The molecule has 1 saturated heterocycles. The van der Waals surface area contributed by atoms with Crippen molar-refractivity contribution in [3.05, 3.63) is 29.3 Å². The van der Waals surface area contributed by atoms with Crippen molar-refractivity contribution in [1.82, 2.24) is 0 Å². The molecule has 2 rings (SSSR count). The lowest BCUT2D eigenvalue weighted by Gasteiger charge is -2.28. The van der Waals surface area contributed by atoms with Crippen LogP contribution in [0.1, 0.15) is 17.2 Å². The van der Waals surface area contributed by atoms with Gasteiger partial charge in [0.1, 0.15) is 18.0 Å². The lowest BCUT2D eigenvalue weighted by molar-refractivity contribution is -0.133. The molecule has 2 unspecified atom stereocenters. The molecule has 0 amide bonds. The number of aliphatic hydroxyl groups excluding tert-OH is 1. The van der Waals surface area contributed by atoms with Crippen molar-refractivity contribution in [2.75, 3.05) is 26.9 Å². The third-order valence-electron chi connectivity index (χ3n) is 2.99. The summed E-state index contributed by atoms with van der Waals surface area (Å²) < 4.78 is 15.9. The van der Waals surface area contributed by atoms with Crippen LogP contribution in [-0.2, 0) is 9.47 Å². The maximum Gasteiger partial charge on any atom is 0.119 e. The highest BCUT2D eigenvalue weighted by molar-refractivity contribution is 5.36. The van der Waals surface area contributed by atoms with E-state index in [0.29, 0.717) is 19.8 Å². The van der Waals surface area contributed by atoms with Gasteiger partial charge in [0.2, 0.25) is 0 Å². The highest BCUT2D eigenvalue weighted by atomic mass is 16.6. The Morgan fingerprint density at radius 2 is 2.24 bits per heavy atom. The predicted octanol–water partition coefficient (Wildman–Crippen LogP) is 1.45. The lowest BCUT2D eigenvalue weighted by atomic mass is 9.99. The molecule has 1 heterocycles.